The van der Waals surface area contributed by atoms with Gasteiger partial charge in [-0.1, -0.05) is 19.9 Å². The molecule has 29 heavy (non-hydrogen) atoms. The van der Waals surface area contributed by atoms with E-state index in [4.69, 9.17) is 0 Å². The fraction of sp³-hybridized carbons (Fsp3) is 0.458. The Kier molecular flexibility index (Phi) is 6.15. The number of aromatic nitrogens is 1. The number of hydrogen-bond acceptors (Lipinski definition) is 3. The Morgan fingerprint density at radius 3 is 2.69 bits per heavy atom. The normalized spacial score (nSPS) is 23.9. The van der Waals surface area contributed by atoms with E-state index < -0.39 is 0 Å². The average Bonchev–Trinajstić information content (AvgIpc) is 2.98. The third kappa shape index (κ3) is 4.24. The van der Waals surface area contributed by atoms with Gasteiger partial charge in [-0.3, -0.25) is 14.6 Å². The number of Topliss-reactive ketones (excluding diaryl/α,β-unsaturated/α-hetero) is 1. The van der Waals surface area contributed by atoms with Crippen LogP contribution in [-0.4, -0.2) is 23.2 Å². The first-order valence-corrected chi connectivity index (χ1v) is 10.0. The molecule has 2 atom stereocenters. The summed E-state index contributed by atoms with van der Waals surface area (Å²) in [6.45, 7) is 2.54. The standard InChI is InChI=1S/C23H25FN2O2.CH4/c1-16-4-2-6-20(25-16)21(27)14-17-5-3-11-23(15-17)12-13-26(22(23)28)19-9-7-18(24)8-10-19;/h2,4,6-10,17H,3,5,11-15H2,1H3;1H4/t17-,23+;/m0./s1. The van der Waals surface area contributed by atoms with Crippen molar-refractivity contribution in [1.29, 1.82) is 0 Å². The molecule has 0 radical (unpaired) electrons. The number of aryl methyl sites for hydroxylation is 1. The van der Waals surface area contributed by atoms with Gasteiger partial charge in [0.05, 0.1) is 5.41 Å². The Labute approximate surface area is 172 Å². The Balaban J connectivity index is 0.00000240. The van der Waals surface area contributed by atoms with Crippen LogP contribution in [0.5, 0.6) is 0 Å². The van der Waals surface area contributed by atoms with E-state index >= 15 is 0 Å². The van der Waals surface area contributed by atoms with Gasteiger partial charge in [0.15, 0.2) is 5.78 Å². The largest absolute Gasteiger partial charge is 0.312 e. The van der Waals surface area contributed by atoms with Gasteiger partial charge in [-0.2, -0.15) is 0 Å². The van der Waals surface area contributed by atoms with Crippen LogP contribution in [0.1, 0.15) is 62.1 Å². The van der Waals surface area contributed by atoms with Crippen LogP contribution in [0.3, 0.4) is 0 Å². The zero-order valence-corrected chi connectivity index (χ0v) is 16.2. The van der Waals surface area contributed by atoms with Crippen LogP contribution in [0.2, 0.25) is 0 Å². The van der Waals surface area contributed by atoms with Crippen molar-refractivity contribution in [3.05, 3.63) is 59.7 Å². The summed E-state index contributed by atoms with van der Waals surface area (Å²) in [4.78, 5) is 32.1. The van der Waals surface area contributed by atoms with Crippen molar-refractivity contribution in [2.24, 2.45) is 11.3 Å². The molecule has 0 N–H and O–H groups in total. The van der Waals surface area contributed by atoms with Crippen LogP contribution in [0.15, 0.2) is 42.5 Å². The van der Waals surface area contributed by atoms with Crippen molar-refractivity contribution in [3.8, 4) is 0 Å². The zero-order valence-electron chi connectivity index (χ0n) is 16.2. The lowest BCUT2D eigenvalue weighted by atomic mass is 9.67. The fourth-order valence-electron chi connectivity index (χ4n) is 4.83. The summed E-state index contributed by atoms with van der Waals surface area (Å²) in [6, 6.07) is 11.6. The first-order valence-electron chi connectivity index (χ1n) is 10.0. The second-order valence-corrected chi connectivity index (χ2v) is 8.22. The molecule has 2 aromatic rings. The summed E-state index contributed by atoms with van der Waals surface area (Å²) in [5, 5.41) is 0. The number of amides is 1. The summed E-state index contributed by atoms with van der Waals surface area (Å²) in [5.41, 5.74) is 1.74. The molecular weight excluding hydrogens is 367 g/mol. The number of carbonyl (C=O) groups is 2. The minimum atomic E-state index is -0.377. The molecule has 1 spiro atoms. The van der Waals surface area contributed by atoms with E-state index in [9.17, 15) is 14.0 Å². The number of hydrogen-bond donors (Lipinski definition) is 0. The monoisotopic (exact) mass is 396 g/mol. The molecule has 1 aromatic heterocycles. The van der Waals surface area contributed by atoms with Crippen LogP contribution in [-0.2, 0) is 4.79 Å². The predicted octanol–water partition coefficient (Wildman–Crippen LogP) is 5.35. The van der Waals surface area contributed by atoms with Gasteiger partial charge in [-0.05, 0) is 74.9 Å². The number of benzene rings is 1. The highest BCUT2D eigenvalue weighted by Crippen LogP contribution is 2.48. The average molecular weight is 397 g/mol. The van der Waals surface area contributed by atoms with Crippen molar-refractivity contribution in [1.82, 2.24) is 4.98 Å². The van der Waals surface area contributed by atoms with Crippen molar-refractivity contribution < 1.29 is 14.0 Å². The lowest BCUT2D eigenvalue weighted by Gasteiger charge is -2.36. The Hall–Kier alpha value is -2.56. The van der Waals surface area contributed by atoms with Crippen LogP contribution in [0.25, 0.3) is 0 Å². The van der Waals surface area contributed by atoms with Crippen molar-refractivity contribution in [3.63, 3.8) is 0 Å². The van der Waals surface area contributed by atoms with Crippen molar-refractivity contribution >= 4 is 17.4 Å². The quantitative estimate of drug-likeness (QED) is 0.655. The molecule has 1 saturated carbocycles. The van der Waals surface area contributed by atoms with Gasteiger partial charge in [-0.25, -0.2) is 4.39 Å². The van der Waals surface area contributed by atoms with Gasteiger partial charge in [0, 0.05) is 24.3 Å². The molecule has 4 rings (SSSR count). The first kappa shape index (κ1) is 21.2. The molecule has 1 aliphatic carbocycles. The van der Waals surface area contributed by atoms with E-state index in [-0.39, 0.29) is 36.3 Å². The molecule has 1 aromatic carbocycles. The van der Waals surface area contributed by atoms with Crippen LogP contribution in [0, 0.1) is 24.1 Å². The molecule has 2 fully saturated rings. The number of ketones is 1. The van der Waals surface area contributed by atoms with E-state index in [0.29, 0.717) is 18.7 Å². The maximum Gasteiger partial charge on any atom is 0.233 e. The van der Waals surface area contributed by atoms with Gasteiger partial charge < -0.3 is 4.90 Å². The number of rotatable bonds is 4. The van der Waals surface area contributed by atoms with E-state index in [2.05, 4.69) is 4.98 Å². The van der Waals surface area contributed by atoms with E-state index in [1.165, 1.54) is 12.1 Å². The van der Waals surface area contributed by atoms with Gasteiger partial charge >= 0.3 is 0 Å². The highest BCUT2D eigenvalue weighted by atomic mass is 19.1. The summed E-state index contributed by atoms with van der Waals surface area (Å²) in [6.07, 6.45) is 4.81. The topological polar surface area (TPSA) is 50.3 Å². The summed E-state index contributed by atoms with van der Waals surface area (Å²) >= 11 is 0. The maximum absolute atomic E-state index is 13.2. The van der Waals surface area contributed by atoms with Gasteiger partial charge in [0.25, 0.3) is 0 Å². The molecule has 154 valence electrons. The number of nitrogens with zero attached hydrogens (tertiary/aromatic N) is 2. The highest BCUT2D eigenvalue weighted by molar-refractivity contribution is 6.00. The van der Waals surface area contributed by atoms with Crippen LogP contribution < -0.4 is 4.90 Å². The Morgan fingerprint density at radius 1 is 1.21 bits per heavy atom. The van der Waals surface area contributed by atoms with E-state index in [1.54, 1.807) is 23.1 Å². The lowest BCUT2D eigenvalue weighted by Crippen LogP contribution is -2.38. The summed E-state index contributed by atoms with van der Waals surface area (Å²) in [7, 11) is 0. The zero-order chi connectivity index (χ0) is 19.7. The first-order chi connectivity index (χ1) is 13.5. The molecule has 2 heterocycles. The van der Waals surface area contributed by atoms with Crippen LogP contribution >= 0.6 is 0 Å². The maximum atomic E-state index is 13.2. The molecule has 1 amide bonds. The van der Waals surface area contributed by atoms with Crippen molar-refractivity contribution in [2.75, 3.05) is 11.4 Å². The Bertz CT molecular complexity index is 896. The molecule has 2 aliphatic rings. The Morgan fingerprint density at radius 2 is 1.97 bits per heavy atom. The molecule has 1 saturated heterocycles. The highest BCUT2D eigenvalue weighted by Gasteiger charge is 2.49. The van der Waals surface area contributed by atoms with Gasteiger partial charge in [0.2, 0.25) is 5.91 Å². The second-order valence-electron chi connectivity index (χ2n) is 8.22. The minimum absolute atomic E-state index is 0. The molecule has 1 aliphatic heterocycles. The van der Waals surface area contributed by atoms with Crippen LogP contribution in [0.4, 0.5) is 10.1 Å². The van der Waals surface area contributed by atoms with Gasteiger partial charge in [0.1, 0.15) is 11.5 Å². The predicted molar refractivity (Wildman–Crippen MR) is 112 cm³/mol. The summed E-state index contributed by atoms with van der Waals surface area (Å²) in [5.74, 6) is 0.100. The third-order valence-electron chi connectivity index (χ3n) is 6.25. The smallest absolute Gasteiger partial charge is 0.233 e. The SMILES string of the molecule is C.Cc1cccc(C(=O)C[C@@H]2CCC[C@@]3(CCN(c4ccc(F)cc4)C3=O)C2)n1. The van der Waals surface area contributed by atoms with Crippen molar-refractivity contribution in [2.45, 2.75) is 52.9 Å². The molecule has 5 heteroatoms. The summed E-state index contributed by atoms with van der Waals surface area (Å²) < 4.78 is 13.2. The van der Waals surface area contributed by atoms with E-state index in [0.717, 1.165) is 43.5 Å². The molecule has 4 nitrogen and oxygen atoms in total. The number of anilines is 1. The molecule has 0 bridgehead atoms. The molecular formula is C24H29FN2O2. The lowest BCUT2D eigenvalue weighted by molar-refractivity contribution is -0.128. The van der Waals surface area contributed by atoms with E-state index in [1.807, 2.05) is 19.1 Å². The fourth-order valence-corrected chi connectivity index (χ4v) is 4.83. The third-order valence-corrected chi connectivity index (χ3v) is 6.25. The minimum Gasteiger partial charge on any atom is -0.312 e. The second kappa shape index (κ2) is 8.44. The number of carbonyl (C=O) groups excluding carboxylic acids is 2. The molecule has 0 unspecified atom stereocenters. The van der Waals surface area contributed by atoms with Gasteiger partial charge in [-0.15, -0.1) is 0 Å². The number of pyridine rings is 1. The number of halogens is 1.